The molecule has 0 saturated carbocycles. The van der Waals surface area contributed by atoms with Gasteiger partial charge in [0.1, 0.15) is 31.0 Å². The predicted octanol–water partition coefficient (Wildman–Crippen LogP) is 0.965. The summed E-state index contributed by atoms with van der Waals surface area (Å²) in [4.78, 5) is 164. The molecular formula is C82H56O53. The molecule has 8 bridgehead atoms. The van der Waals surface area contributed by atoms with Crippen molar-refractivity contribution >= 4 is 65.5 Å². The lowest BCUT2D eigenvalue weighted by Crippen LogP contribution is -2.70. The molecule has 0 aromatic heterocycles. The number of benzene rings is 9. The van der Waals surface area contributed by atoms with Crippen molar-refractivity contribution in [2.45, 2.75) is 78.9 Å². The van der Waals surface area contributed by atoms with Crippen molar-refractivity contribution in [3.05, 3.63) is 140 Å². The van der Waals surface area contributed by atoms with Gasteiger partial charge >= 0.3 is 65.5 Å². The molecule has 135 heavy (non-hydrogen) atoms. The van der Waals surface area contributed by atoms with Crippen LogP contribution in [0, 0.1) is 0 Å². The number of ketones is 1. The zero-order valence-corrected chi connectivity index (χ0v) is 66.0. The standard InChI is InChI=1S/C82H56O53/c83-26-1-16(2-27(84)47(26)95)69(109)127-62-38-14-122-72(112)19-7-31(88)50(98)56(104)41(19)43-21(9-33(90)52(100)58(43)106)75(115)133-79(125-38)67(65(62)129-70(110)17-3-28(85)48(96)29(86)4-17)131-71(111)18-5-30(87)49(97)37(6-18)124-61-25(12-35(92)54(102)60(61)108)78(118)130-66-63-39-15-123-73(113)20-8-32(89)51(99)57(105)42(20)44-22(10-34(91)53(101)59(44)107)76(116)134-80(126-39)68(66)132-77(117)24-13-40(94)82(121)81(119,120)46(24)45-23(74(114)128-63)11-36(93)55(103)64(45)135-82/h1-13,38-39,46,62-63,65-68,79-80,83-93,95-108,119-121H,14-15H2. The highest BCUT2D eigenvalue weighted by atomic mass is 16.8. The SMILES string of the molecule is O=C1OC2C3OC(=O)c4cc(O)c(O)c(O)c4-c4c(cc(O)c(O)c4O)C(=O)OCC(O3)C(OC(=O)c3cc(O)c(O)c4c3C3C1=CC(=O)C(O)(O4)C3(O)O)C2OC(=O)c1cc(O)c(O)c(O)c1Oc1cc(C(=O)OC2C3OC(=O)c4cc(O)c(O)c(O)c4-c4c(cc(O)c(O)c4O)C(=O)OCC(O3)C(OC(=O)c3cc(O)c(O)c(O)c3)C2OC(=O)c2cc(O)c(O)c(O)c2)cc(O)c1O. The van der Waals surface area contributed by atoms with Crippen LogP contribution in [0.25, 0.3) is 22.3 Å². The number of phenols is 25. The Balaban J connectivity index is 0.829. The van der Waals surface area contributed by atoms with Gasteiger partial charge in [-0.1, -0.05) is 0 Å². The number of carbonyl (C=O) groups is 11. The third kappa shape index (κ3) is 14.4. The maximum atomic E-state index is 15.7. The van der Waals surface area contributed by atoms with Crippen LogP contribution in [0.1, 0.15) is 105 Å². The molecule has 9 aromatic carbocycles. The van der Waals surface area contributed by atoms with Gasteiger partial charge in [0, 0.05) is 33.9 Å². The Morgan fingerprint density at radius 1 is 0.326 bits per heavy atom. The molecular weight excluding hydrogens is 1830 g/mol. The summed E-state index contributed by atoms with van der Waals surface area (Å²) in [6, 6.07) is 3.38. The zero-order valence-electron chi connectivity index (χ0n) is 66.0. The number of hydrogen-bond acceptors (Lipinski definition) is 53. The zero-order chi connectivity index (χ0) is 98.0. The van der Waals surface area contributed by atoms with E-state index < -0.39 is 402 Å². The van der Waals surface area contributed by atoms with Crippen molar-refractivity contribution in [3.8, 4) is 183 Å². The molecule has 2 fully saturated rings. The van der Waals surface area contributed by atoms with Gasteiger partial charge in [0.25, 0.3) is 5.79 Å². The minimum Gasteiger partial charge on any atom is -0.504 e. The van der Waals surface area contributed by atoms with Crippen LogP contribution in [0.15, 0.2) is 84.4 Å². The molecule has 1 aliphatic carbocycles. The maximum absolute atomic E-state index is 15.7. The molecule has 53 heteroatoms. The molecule has 6 heterocycles. The second kappa shape index (κ2) is 32.0. The summed E-state index contributed by atoms with van der Waals surface area (Å²) in [6.45, 7) is -3.18. The summed E-state index contributed by atoms with van der Waals surface area (Å²) in [5, 5.41) is 311. The molecule has 12 unspecified atom stereocenters. The van der Waals surface area contributed by atoms with Crippen molar-refractivity contribution in [2.75, 3.05) is 13.2 Å². The van der Waals surface area contributed by atoms with Gasteiger partial charge in [-0.05, 0) is 72.8 Å². The number of aliphatic hydroxyl groups is 3. The third-order valence-corrected chi connectivity index (χ3v) is 21.9. The van der Waals surface area contributed by atoms with Crippen LogP contribution in [0.4, 0.5) is 0 Å². The van der Waals surface area contributed by atoms with E-state index in [2.05, 4.69) is 0 Å². The van der Waals surface area contributed by atoms with Crippen LogP contribution in [0.2, 0.25) is 0 Å². The lowest BCUT2D eigenvalue weighted by atomic mass is 9.70. The third-order valence-electron chi connectivity index (χ3n) is 21.9. The highest BCUT2D eigenvalue weighted by molar-refractivity contribution is 6.12. The Bertz CT molecular complexity index is 6810. The van der Waals surface area contributed by atoms with E-state index in [1.165, 1.54) is 0 Å². The fraction of sp³-hybridized carbons (Fsp3) is 0.183. The molecule has 9 aromatic rings. The molecule has 0 spiro atoms. The minimum atomic E-state index is -4.27. The number of aromatic hydroxyl groups is 25. The Morgan fingerprint density at radius 3 is 1.17 bits per heavy atom. The molecule has 12 atom stereocenters. The first-order chi connectivity index (χ1) is 63.4. The number of esters is 10. The highest BCUT2D eigenvalue weighted by Crippen LogP contribution is 2.61. The van der Waals surface area contributed by atoms with Gasteiger partial charge in [0.15, 0.2) is 139 Å². The van der Waals surface area contributed by atoms with Crippen molar-refractivity contribution in [2.24, 2.45) is 0 Å². The topological polar surface area (TPSA) is 883 Å². The summed E-state index contributed by atoms with van der Waals surface area (Å²) < 4.78 is 79.9. The summed E-state index contributed by atoms with van der Waals surface area (Å²) in [7, 11) is 0. The molecule has 16 rings (SSSR count). The molecule has 2 saturated heterocycles. The van der Waals surface area contributed by atoms with Gasteiger partial charge in [-0.25, -0.2) is 47.9 Å². The molecule has 7 aliphatic rings. The van der Waals surface area contributed by atoms with Crippen molar-refractivity contribution < 1.29 is 262 Å². The van der Waals surface area contributed by atoms with Crippen LogP contribution in [0.3, 0.4) is 0 Å². The lowest BCUT2D eigenvalue weighted by molar-refractivity contribution is -0.339. The molecule has 28 N–H and O–H groups in total. The van der Waals surface area contributed by atoms with Crippen molar-refractivity contribution in [1.82, 2.24) is 0 Å². The number of rotatable bonds is 10. The van der Waals surface area contributed by atoms with Crippen LogP contribution in [-0.2, 0) is 66.4 Å². The summed E-state index contributed by atoms with van der Waals surface area (Å²) in [5.41, 5.74) is -19.4. The highest BCUT2D eigenvalue weighted by Gasteiger charge is 2.71. The first-order valence-electron chi connectivity index (χ1n) is 37.6. The van der Waals surface area contributed by atoms with Crippen molar-refractivity contribution in [1.29, 1.82) is 0 Å². The van der Waals surface area contributed by atoms with E-state index in [1.807, 2.05) is 0 Å². The van der Waals surface area contributed by atoms with Gasteiger partial charge in [0.2, 0.25) is 76.6 Å². The fourth-order valence-electron chi connectivity index (χ4n) is 15.4. The summed E-state index contributed by atoms with van der Waals surface area (Å²) in [6.07, 6.45) is -29.0. The fourth-order valence-corrected chi connectivity index (χ4v) is 15.4. The van der Waals surface area contributed by atoms with Gasteiger partial charge < -0.3 is 209 Å². The lowest BCUT2D eigenvalue weighted by Gasteiger charge is -2.49. The van der Waals surface area contributed by atoms with Crippen LogP contribution >= 0.6 is 0 Å². The van der Waals surface area contributed by atoms with E-state index in [0.29, 0.717) is 36.4 Å². The molecule has 0 amide bonds. The normalized spacial score (nSPS) is 22.5. The molecule has 0 radical (unpaired) electrons. The average Bonchev–Trinajstić information content (AvgIpc) is 1.19. The largest absolute Gasteiger partial charge is 0.504 e. The van der Waals surface area contributed by atoms with Gasteiger partial charge in [0.05, 0.1) is 56.0 Å². The number of phenolic OH excluding ortho intramolecular Hbond substituents is 25. The number of hydrogen-bond donors (Lipinski definition) is 28. The number of ether oxygens (including phenoxy) is 14. The van der Waals surface area contributed by atoms with E-state index in [-0.39, 0.29) is 42.5 Å². The van der Waals surface area contributed by atoms with Crippen LogP contribution < -0.4 is 9.47 Å². The summed E-state index contributed by atoms with van der Waals surface area (Å²) >= 11 is 0. The quantitative estimate of drug-likeness (QED) is 0.0392. The Morgan fingerprint density at radius 2 is 0.689 bits per heavy atom. The predicted molar refractivity (Wildman–Crippen MR) is 411 cm³/mol. The summed E-state index contributed by atoms with van der Waals surface area (Å²) in [5.74, 6) is -76.5. The Hall–Kier alpha value is -18.5. The Kier molecular flexibility index (Phi) is 21.3. The van der Waals surface area contributed by atoms with Crippen molar-refractivity contribution in [3.63, 3.8) is 0 Å². The van der Waals surface area contributed by atoms with Gasteiger partial charge in [-0.3, -0.25) is 4.79 Å². The van der Waals surface area contributed by atoms with Gasteiger partial charge in [-0.15, -0.1) is 0 Å². The second-order valence-corrected chi connectivity index (χ2v) is 29.9. The van der Waals surface area contributed by atoms with Crippen LogP contribution in [-0.4, -0.2) is 295 Å². The van der Waals surface area contributed by atoms with E-state index >= 15 is 28.8 Å². The van der Waals surface area contributed by atoms with Gasteiger partial charge in [-0.2, -0.15) is 0 Å². The van der Waals surface area contributed by atoms with E-state index in [4.69, 9.17) is 66.3 Å². The van der Waals surface area contributed by atoms with Crippen LogP contribution in [0.5, 0.6) is 161 Å². The first kappa shape index (κ1) is 89.9. The first-order valence-corrected chi connectivity index (χ1v) is 37.6. The number of fused-ring (bicyclic) bond motifs is 15. The van der Waals surface area contributed by atoms with E-state index in [0.717, 1.165) is 0 Å². The molecule has 702 valence electrons. The van der Waals surface area contributed by atoms with E-state index in [1.54, 1.807) is 0 Å². The van der Waals surface area contributed by atoms with E-state index in [9.17, 15) is 167 Å². The monoisotopic (exact) mass is 1890 g/mol. The Labute approximate surface area is 740 Å². The molecule has 53 nitrogen and oxygen atoms in total. The molecule has 6 aliphatic heterocycles. The minimum absolute atomic E-state index is 0.0621. The number of cyclic esters (lactones) is 2. The smallest absolute Gasteiger partial charge is 0.342 e. The average molecular weight is 1890 g/mol. The second-order valence-electron chi connectivity index (χ2n) is 29.9. The maximum Gasteiger partial charge on any atom is 0.342 e. The number of carbonyl (C=O) groups excluding carboxylic acids is 11.